The third-order valence-electron chi connectivity index (χ3n) is 4.07. The number of hydrogen-bond acceptors (Lipinski definition) is 5. The quantitative estimate of drug-likeness (QED) is 0.937. The molecule has 1 fully saturated rings. The highest BCUT2D eigenvalue weighted by atomic mass is 16.5. The van der Waals surface area contributed by atoms with Crippen molar-refractivity contribution in [3.8, 4) is 11.4 Å². The third-order valence-corrected chi connectivity index (χ3v) is 4.07. The Balaban J connectivity index is 1.86. The van der Waals surface area contributed by atoms with E-state index in [1.54, 1.807) is 6.20 Å². The molecule has 0 spiro atoms. The Labute approximate surface area is 141 Å². The van der Waals surface area contributed by atoms with Crippen LogP contribution >= 0.6 is 0 Å². The number of nitrogens with zero attached hydrogens (tertiary/aromatic N) is 3. The molecule has 0 amide bonds. The molecule has 1 saturated heterocycles. The first-order valence-corrected chi connectivity index (χ1v) is 8.36. The van der Waals surface area contributed by atoms with Gasteiger partial charge in [-0.25, -0.2) is 9.97 Å². The normalized spacial score (nSPS) is 20.2. The molecule has 3 heterocycles. The molecular weight excluding hydrogens is 304 g/mol. The lowest BCUT2D eigenvalue weighted by atomic mass is 10.1. The molecule has 2 aromatic heterocycles. The van der Waals surface area contributed by atoms with Crippen LogP contribution in [0.15, 0.2) is 29.2 Å². The standard InChI is InChI=1S/C18H24N4O2/c1-5-14-8-16(23)21-17(20-14)13-6-7-15(19-9-13)22-10-12(2)24-18(3,4)11-22/h6-9,12H,5,10-11H2,1-4H3,(H,20,21,23). The number of aromatic amines is 1. The number of anilines is 1. The number of H-pyrrole nitrogens is 1. The monoisotopic (exact) mass is 328 g/mol. The van der Waals surface area contributed by atoms with Gasteiger partial charge in [-0.2, -0.15) is 0 Å². The maximum Gasteiger partial charge on any atom is 0.251 e. The molecule has 1 aliphatic rings. The maximum atomic E-state index is 11.7. The Bertz CT molecular complexity index is 767. The fourth-order valence-electron chi connectivity index (χ4n) is 3.17. The highest BCUT2D eigenvalue weighted by Crippen LogP contribution is 2.25. The molecule has 0 aliphatic carbocycles. The Morgan fingerprint density at radius 1 is 1.42 bits per heavy atom. The summed E-state index contributed by atoms with van der Waals surface area (Å²) in [6.07, 6.45) is 2.65. The summed E-state index contributed by atoms with van der Waals surface area (Å²) < 4.78 is 5.94. The zero-order valence-corrected chi connectivity index (χ0v) is 14.7. The van der Waals surface area contributed by atoms with E-state index in [4.69, 9.17) is 4.74 Å². The molecule has 1 unspecified atom stereocenters. The van der Waals surface area contributed by atoms with Crippen LogP contribution in [0.2, 0.25) is 0 Å². The van der Waals surface area contributed by atoms with Gasteiger partial charge < -0.3 is 14.6 Å². The molecule has 2 aromatic rings. The first kappa shape index (κ1) is 16.6. The van der Waals surface area contributed by atoms with Gasteiger partial charge in [0.1, 0.15) is 11.6 Å². The minimum Gasteiger partial charge on any atom is -0.369 e. The lowest BCUT2D eigenvalue weighted by Crippen LogP contribution is -2.52. The van der Waals surface area contributed by atoms with Gasteiger partial charge in [-0.3, -0.25) is 4.79 Å². The number of rotatable bonds is 3. The molecule has 128 valence electrons. The molecule has 6 heteroatoms. The van der Waals surface area contributed by atoms with Crippen molar-refractivity contribution in [2.24, 2.45) is 0 Å². The molecular formula is C18H24N4O2. The van der Waals surface area contributed by atoms with Crippen molar-refractivity contribution in [1.82, 2.24) is 15.0 Å². The summed E-state index contributed by atoms with van der Waals surface area (Å²) in [5, 5.41) is 0. The number of hydrogen-bond donors (Lipinski definition) is 1. The summed E-state index contributed by atoms with van der Waals surface area (Å²) in [7, 11) is 0. The Morgan fingerprint density at radius 3 is 2.83 bits per heavy atom. The Morgan fingerprint density at radius 2 is 2.21 bits per heavy atom. The SMILES string of the molecule is CCc1cc(=O)[nH]c(-c2ccc(N3CC(C)OC(C)(C)C3)nc2)n1. The fraction of sp³-hybridized carbons (Fsp3) is 0.500. The van der Waals surface area contributed by atoms with Gasteiger partial charge in [0.05, 0.1) is 11.7 Å². The molecule has 0 saturated carbocycles. The van der Waals surface area contributed by atoms with Gasteiger partial charge >= 0.3 is 0 Å². The van der Waals surface area contributed by atoms with E-state index in [1.165, 1.54) is 6.07 Å². The summed E-state index contributed by atoms with van der Waals surface area (Å²) in [5.74, 6) is 1.48. The topological polar surface area (TPSA) is 71.1 Å². The highest BCUT2D eigenvalue weighted by Gasteiger charge is 2.31. The van der Waals surface area contributed by atoms with E-state index in [2.05, 4.69) is 40.6 Å². The predicted molar refractivity (Wildman–Crippen MR) is 94.3 cm³/mol. The molecule has 24 heavy (non-hydrogen) atoms. The van der Waals surface area contributed by atoms with Crippen molar-refractivity contribution in [3.63, 3.8) is 0 Å². The van der Waals surface area contributed by atoms with Gasteiger partial charge in [-0.15, -0.1) is 0 Å². The summed E-state index contributed by atoms with van der Waals surface area (Å²) in [6.45, 7) is 9.85. The minimum absolute atomic E-state index is 0.135. The lowest BCUT2D eigenvalue weighted by molar-refractivity contribution is -0.0751. The average Bonchev–Trinajstić information content (AvgIpc) is 2.52. The second-order valence-electron chi connectivity index (χ2n) is 6.91. The molecule has 1 atom stereocenters. The van der Waals surface area contributed by atoms with Crippen LogP contribution < -0.4 is 10.5 Å². The van der Waals surface area contributed by atoms with Crippen LogP contribution in [-0.4, -0.2) is 39.7 Å². The lowest BCUT2D eigenvalue weighted by Gasteiger charge is -2.42. The number of pyridine rings is 1. The van der Waals surface area contributed by atoms with Crippen molar-refractivity contribution in [2.45, 2.75) is 45.8 Å². The number of ether oxygens (including phenoxy) is 1. The van der Waals surface area contributed by atoms with E-state index in [0.29, 0.717) is 5.82 Å². The van der Waals surface area contributed by atoms with Gasteiger partial charge in [-0.1, -0.05) is 6.92 Å². The fourth-order valence-corrected chi connectivity index (χ4v) is 3.17. The van der Waals surface area contributed by atoms with Crippen LogP contribution in [0, 0.1) is 0 Å². The molecule has 0 radical (unpaired) electrons. The summed E-state index contributed by atoms with van der Waals surface area (Å²) >= 11 is 0. The van der Waals surface area contributed by atoms with Crippen LogP contribution in [0.1, 0.15) is 33.4 Å². The smallest absolute Gasteiger partial charge is 0.251 e. The van der Waals surface area contributed by atoms with Gasteiger partial charge in [0.25, 0.3) is 5.56 Å². The molecule has 3 rings (SSSR count). The summed E-state index contributed by atoms with van der Waals surface area (Å²) in [6, 6.07) is 5.46. The highest BCUT2D eigenvalue weighted by molar-refractivity contribution is 5.56. The number of nitrogens with one attached hydrogen (secondary N) is 1. The van der Waals surface area contributed by atoms with Crippen LogP contribution in [0.3, 0.4) is 0 Å². The molecule has 1 aliphatic heterocycles. The van der Waals surface area contributed by atoms with E-state index in [-0.39, 0.29) is 17.3 Å². The second kappa shape index (κ2) is 6.36. The average molecular weight is 328 g/mol. The number of aryl methyl sites for hydroxylation is 1. The van der Waals surface area contributed by atoms with Crippen molar-refractivity contribution in [2.75, 3.05) is 18.0 Å². The van der Waals surface area contributed by atoms with Crippen LogP contribution in [0.5, 0.6) is 0 Å². The molecule has 1 N–H and O–H groups in total. The van der Waals surface area contributed by atoms with Gasteiger partial charge in [0, 0.05) is 36.6 Å². The zero-order valence-electron chi connectivity index (χ0n) is 14.7. The molecule has 6 nitrogen and oxygen atoms in total. The summed E-state index contributed by atoms with van der Waals surface area (Å²) in [5.41, 5.74) is 1.26. The van der Waals surface area contributed by atoms with E-state index < -0.39 is 0 Å². The van der Waals surface area contributed by atoms with E-state index in [9.17, 15) is 4.79 Å². The van der Waals surface area contributed by atoms with E-state index >= 15 is 0 Å². The minimum atomic E-state index is -0.194. The van der Waals surface area contributed by atoms with Crippen LogP contribution in [0.25, 0.3) is 11.4 Å². The summed E-state index contributed by atoms with van der Waals surface area (Å²) in [4.78, 5) is 25.8. The van der Waals surface area contributed by atoms with Crippen molar-refractivity contribution in [3.05, 3.63) is 40.4 Å². The van der Waals surface area contributed by atoms with E-state index in [1.807, 2.05) is 19.1 Å². The van der Waals surface area contributed by atoms with Crippen LogP contribution in [0.4, 0.5) is 5.82 Å². The first-order chi connectivity index (χ1) is 11.4. The van der Waals surface area contributed by atoms with Crippen molar-refractivity contribution in [1.29, 1.82) is 0 Å². The molecule has 0 aromatic carbocycles. The van der Waals surface area contributed by atoms with Gasteiger partial charge in [-0.05, 0) is 39.3 Å². The number of aromatic nitrogens is 3. The Hall–Kier alpha value is -2.21. The first-order valence-electron chi connectivity index (χ1n) is 8.36. The molecule has 0 bridgehead atoms. The van der Waals surface area contributed by atoms with E-state index in [0.717, 1.165) is 36.6 Å². The van der Waals surface area contributed by atoms with Crippen molar-refractivity contribution < 1.29 is 4.74 Å². The van der Waals surface area contributed by atoms with Crippen LogP contribution in [-0.2, 0) is 11.2 Å². The van der Waals surface area contributed by atoms with Gasteiger partial charge in [0.2, 0.25) is 0 Å². The van der Waals surface area contributed by atoms with Gasteiger partial charge in [0.15, 0.2) is 0 Å². The predicted octanol–water partition coefficient (Wildman–Crippen LogP) is 2.40. The Kier molecular flexibility index (Phi) is 4.41. The third kappa shape index (κ3) is 3.64. The number of morpholine rings is 1. The zero-order chi connectivity index (χ0) is 17.3. The van der Waals surface area contributed by atoms with Crippen molar-refractivity contribution >= 4 is 5.82 Å². The largest absolute Gasteiger partial charge is 0.369 e. The maximum absolute atomic E-state index is 11.7. The second-order valence-corrected chi connectivity index (χ2v) is 6.91.